The maximum atomic E-state index is 10.8. The smallest absolute Gasteiger partial charge is 0.127 e. The Bertz CT molecular complexity index is 150. The van der Waals surface area contributed by atoms with Crippen molar-refractivity contribution in [1.82, 2.24) is 4.90 Å². The van der Waals surface area contributed by atoms with Crippen LogP contribution in [0.4, 0.5) is 0 Å². The molecular weight excluding hydrogens is 166 g/mol. The van der Waals surface area contributed by atoms with Gasteiger partial charge in [0.1, 0.15) is 6.29 Å². The number of hydrogen-bond acceptors (Lipinski definition) is 3. The lowest BCUT2D eigenvalue weighted by Gasteiger charge is -2.27. The third-order valence-electron chi connectivity index (χ3n) is 2.40. The number of nitrogens with zero attached hydrogens (tertiary/aromatic N) is 1. The molecule has 0 saturated heterocycles. The first-order chi connectivity index (χ1) is 6.08. The van der Waals surface area contributed by atoms with E-state index in [4.69, 9.17) is 4.74 Å². The molecule has 0 aliphatic rings. The summed E-state index contributed by atoms with van der Waals surface area (Å²) in [5, 5.41) is 0. The molecule has 3 nitrogen and oxygen atoms in total. The molecular formula is C10H21NO2. The van der Waals surface area contributed by atoms with Crippen molar-refractivity contribution in [2.45, 2.75) is 20.3 Å². The van der Waals surface area contributed by atoms with E-state index in [9.17, 15) is 4.79 Å². The third kappa shape index (κ3) is 5.01. The summed E-state index contributed by atoms with van der Waals surface area (Å²) >= 11 is 0. The van der Waals surface area contributed by atoms with Gasteiger partial charge in [-0.2, -0.15) is 0 Å². The Kier molecular flexibility index (Phi) is 5.91. The van der Waals surface area contributed by atoms with Gasteiger partial charge in [-0.3, -0.25) is 0 Å². The van der Waals surface area contributed by atoms with E-state index in [0.717, 1.165) is 32.4 Å². The summed E-state index contributed by atoms with van der Waals surface area (Å²) in [6.07, 6.45) is 1.93. The highest BCUT2D eigenvalue weighted by atomic mass is 16.5. The van der Waals surface area contributed by atoms with E-state index in [1.54, 1.807) is 7.11 Å². The monoisotopic (exact) mass is 187 g/mol. The first-order valence-electron chi connectivity index (χ1n) is 4.72. The number of rotatable bonds is 7. The molecule has 0 radical (unpaired) electrons. The minimum atomic E-state index is -0.206. The lowest BCUT2D eigenvalue weighted by molar-refractivity contribution is -0.116. The van der Waals surface area contributed by atoms with Gasteiger partial charge in [0.2, 0.25) is 0 Å². The quantitative estimate of drug-likeness (QED) is 0.560. The Morgan fingerprint density at radius 3 is 2.54 bits per heavy atom. The van der Waals surface area contributed by atoms with Gasteiger partial charge in [-0.15, -0.1) is 0 Å². The van der Waals surface area contributed by atoms with Gasteiger partial charge in [-0.05, 0) is 13.5 Å². The van der Waals surface area contributed by atoms with Crippen LogP contribution in [0.15, 0.2) is 0 Å². The van der Waals surface area contributed by atoms with Crippen molar-refractivity contribution < 1.29 is 9.53 Å². The molecule has 0 fully saturated rings. The van der Waals surface area contributed by atoms with Crippen molar-refractivity contribution >= 4 is 6.29 Å². The Labute approximate surface area is 81.1 Å². The van der Waals surface area contributed by atoms with Crippen molar-refractivity contribution in [2.75, 3.05) is 33.9 Å². The molecule has 0 aromatic rings. The predicted octanol–water partition coefficient (Wildman–Crippen LogP) is 1.18. The molecule has 0 bridgehead atoms. The largest absolute Gasteiger partial charge is 0.383 e. The SMILES string of the molecule is CCC(C)(C=O)CN(C)CCOC. The number of hydrogen-bond donors (Lipinski definition) is 0. The molecule has 0 aromatic heterocycles. The Morgan fingerprint density at radius 2 is 2.15 bits per heavy atom. The Morgan fingerprint density at radius 1 is 1.54 bits per heavy atom. The summed E-state index contributed by atoms with van der Waals surface area (Å²) in [4.78, 5) is 12.9. The number of aldehydes is 1. The van der Waals surface area contributed by atoms with Gasteiger partial charge in [0.25, 0.3) is 0 Å². The lowest BCUT2D eigenvalue weighted by Crippen LogP contribution is -2.35. The van der Waals surface area contributed by atoms with E-state index < -0.39 is 0 Å². The van der Waals surface area contributed by atoms with Crippen LogP contribution in [-0.2, 0) is 9.53 Å². The second-order valence-electron chi connectivity index (χ2n) is 3.86. The standard InChI is InChI=1S/C10H21NO2/c1-5-10(2,9-12)8-11(3)6-7-13-4/h9H,5-8H2,1-4H3. The first kappa shape index (κ1) is 12.6. The molecule has 0 heterocycles. The van der Waals surface area contributed by atoms with Crippen LogP contribution >= 0.6 is 0 Å². The van der Waals surface area contributed by atoms with Gasteiger partial charge in [0, 0.05) is 25.6 Å². The summed E-state index contributed by atoms with van der Waals surface area (Å²) in [7, 11) is 3.70. The normalized spacial score (nSPS) is 15.8. The molecule has 78 valence electrons. The fraction of sp³-hybridized carbons (Fsp3) is 0.900. The summed E-state index contributed by atoms with van der Waals surface area (Å²) in [5.74, 6) is 0. The second kappa shape index (κ2) is 6.11. The van der Waals surface area contributed by atoms with Crippen LogP contribution in [0.2, 0.25) is 0 Å². The minimum absolute atomic E-state index is 0.206. The lowest BCUT2D eigenvalue weighted by atomic mass is 9.89. The van der Waals surface area contributed by atoms with Gasteiger partial charge >= 0.3 is 0 Å². The molecule has 0 amide bonds. The minimum Gasteiger partial charge on any atom is -0.383 e. The van der Waals surface area contributed by atoms with Crippen LogP contribution in [0, 0.1) is 5.41 Å². The molecule has 3 heteroatoms. The highest BCUT2D eigenvalue weighted by Crippen LogP contribution is 2.18. The third-order valence-corrected chi connectivity index (χ3v) is 2.40. The summed E-state index contributed by atoms with van der Waals surface area (Å²) in [5.41, 5.74) is -0.206. The average molecular weight is 187 g/mol. The Hall–Kier alpha value is -0.410. The number of ether oxygens (including phenoxy) is 1. The van der Waals surface area contributed by atoms with Gasteiger partial charge in [-0.25, -0.2) is 0 Å². The van der Waals surface area contributed by atoms with Crippen LogP contribution in [0.5, 0.6) is 0 Å². The molecule has 13 heavy (non-hydrogen) atoms. The number of carbonyl (C=O) groups excluding carboxylic acids is 1. The zero-order valence-electron chi connectivity index (χ0n) is 9.17. The van der Waals surface area contributed by atoms with Crippen LogP contribution < -0.4 is 0 Å². The summed E-state index contributed by atoms with van der Waals surface area (Å²) in [6, 6.07) is 0. The predicted molar refractivity (Wildman–Crippen MR) is 53.8 cm³/mol. The number of carbonyl (C=O) groups is 1. The zero-order chi connectivity index (χ0) is 10.3. The molecule has 0 aliphatic carbocycles. The zero-order valence-corrected chi connectivity index (χ0v) is 9.17. The molecule has 0 rings (SSSR count). The van der Waals surface area contributed by atoms with Gasteiger partial charge in [-0.1, -0.05) is 13.8 Å². The average Bonchev–Trinajstić information content (AvgIpc) is 2.14. The van der Waals surface area contributed by atoms with E-state index >= 15 is 0 Å². The molecule has 1 unspecified atom stereocenters. The van der Waals surface area contributed by atoms with Crippen molar-refractivity contribution in [1.29, 1.82) is 0 Å². The van der Waals surface area contributed by atoms with Crippen molar-refractivity contribution in [2.24, 2.45) is 5.41 Å². The maximum Gasteiger partial charge on any atom is 0.127 e. The van der Waals surface area contributed by atoms with Gasteiger partial charge in [0.15, 0.2) is 0 Å². The van der Waals surface area contributed by atoms with Crippen molar-refractivity contribution in [3.63, 3.8) is 0 Å². The number of likely N-dealkylation sites (N-methyl/N-ethyl adjacent to an activating group) is 1. The van der Waals surface area contributed by atoms with Crippen LogP contribution in [0.25, 0.3) is 0 Å². The van der Waals surface area contributed by atoms with Crippen LogP contribution in [0.1, 0.15) is 20.3 Å². The van der Waals surface area contributed by atoms with E-state index in [1.807, 2.05) is 20.9 Å². The fourth-order valence-corrected chi connectivity index (χ4v) is 1.18. The van der Waals surface area contributed by atoms with Crippen molar-refractivity contribution in [3.05, 3.63) is 0 Å². The molecule has 0 spiro atoms. The second-order valence-corrected chi connectivity index (χ2v) is 3.86. The highest BCUT2D eigenvalue weighted by Gasteiger charge is 2.22. The maximum absolute atomic E-state index is 10.8. The van der Waals surface area contributed by atoms with Crippen LogP contribution in [-0.4, -0.2) is 45.0 Å². The fourth-order valence-electron chi connectivity index (χ4n) is 1.18. The molecule has 1 atom stereocenters. The van der Waals surface area contributed by atoms with E-state index in [-0.39, 0.29) is 5.41 Å². The summed E-state index contributed by atoms with van der Waals surface area (Å²) < 4.78 is 4.96. The highest BCUT2D eigenvalue weighted by molar-refractivity contribution is 5.58. The molecule has 0 N–H and O–H groups in total. The van der Waals surface area contributed by atoms with E-state index in [2.05, 4.69) is 4.90 Å². The molecule has 0 aromatic carbocycles. The van der Waals surface area contributed by atoms with Crippen LogP contribution in [0.3, 0.4) is 0 Å². The Balaban J connectivity index is 3.86. The van der Waals surface area contributed by atoms with Gasteiger partial charge in [0.05, 0.1) is 6.61 Å². The van der Waals surface area contributed by atoms with Gasteiger partial charge < -0.3 is 14.4 Å². The van der Waals surface area contributed by atoms with E-state index in [1.165, 1.54) is 0 Å². The summed E-state index contributed by atoms with van der Waals surface area (Å²) in [6.45, 7) is 6.42. The number of methoxy groups -OCH3 is 1. The van der Waals surface area contributed by atoms with E-state index in [0.29, 0.717) is 0 Å². The topological polar surface area (TPSA) is 29.5 Å². The molecule has 0 saturated carbocycles. The van der Waals surface area contributed by atoms with Crippen molar-refractivity contribution in [3.8, 4) is 0 Å². The molecule has 0 aliphatic heterocycles. The first-order valence-corrected chi connectivity index (χ1v) is 4.72.